The summed E-state index contributed by atoms with van der Waals surface area (Å²) in [6.45, 7) is 5.33. The van der Waals surface area contributed by atoms with Crippen LogP contribution in [0.3, 0.4) is 0 Å². The highest BCUT2D eigenvalue weighted by atomic mass is 16.5. The summed E-state index contributed by atoms with van der Waals surface area (Å²) in [6, 6.07) is 11.6. The van der Waals surface area contributed by atoms with Crippen LogP contribution in [-0.2, 0) is 14.3 Å². The molecule has 0 unspecified atom stereocenters. The number of aromatic nitrogens is 1. The smallest absolute Gasteiger partial charge is 0.349 e. The minimum atomic E-state index is -0.962. The lowest BCUT2D eigenvalue weighted by Gasteiger charge is -2.14. The van der Waals surface area contributed by atoms with E-state index in [-0.39, 0.29) is 17.5 Å². The Morgan fingerprint density at radius 1 is 1.30 bits per heavy atom. The number of hydrogen-bond donors (Lipinski definition) is 1. The van der Waals surface area contributed by atoms with E-state index in [1.54, 1.807) is 7.11 Å². The van der Waals surface area contributed by atoms with E-state index in [0.717, 1.165) is 29.9 Å². The minimum Gasteiger partial charge on any atom is -0.495 e. The van der Waals surface area contributed by atoms with Crippen molar-refractivity contribution in [3.05, 3.63) is 52.9 Å². The number of nitriles is 1. The first kappa shape index (κ1) is 21.2. The first-order chi connectivity index (χ1) is 14.3. The molecule has 0 radical (unpaired) electrons. The Hall–Kier alpha value is -3.53. The fraction of sp³-hybridized carbons (Fsp3) is 0.348. The molecule has 156 valence electrons. The van der Waals surface area contributed by atoms with Crippen molar-refractivity contribution >= 4 is 18.0 Å². The van der Waals surface area contributed by atoms with E-state index in [1.165, 1.54) is 13.0 Å². The molecule has 1 aliphatic carbocycles. The summed E-state index contributed by atoms with van der Waals surface area (Å²) in [5, 5.41) is 12.3. The van der Waals surface area contributed by atoms with Crippen LogP contribution in [0.2, 0.25) is 0 Å². The molecule has 0 aliphatic heterocycles. The van der Waals surface area contributed by atoms with E-state index in [9.17, 15) is 14.9 Å². The summed E-state index contributed by atoms with van der Waals surface area (Å²) in [6.07, 6.45) is 2.41. The second kappa shape index (κ2) is 8.87. The van der Waals surface area contributed by atoms with Gasteiger partial charge in [-0.25, -0.2) is 4.79 Å². The summed E-state index contributed by atoms with van der Waals surface area (Å²) >= 11 is 0. The largest absolute Gasteiger partial charge is 0.495 e. The zero-order chi connectivity index (χ0) is 21.8. The van der Waals surface area contributed by atoms with E-state index in [1.807, 2.05) is 54.8 Å². The lowest BCUT2D eigenvalue weighted by molar-refractivity contribution is -0.150. The quantitative estimate of drug-likeness (QED) is 0.432. The van der Waals surface area contributed by atoms with Crippen molar-refractivity contribution in [3.8, 4) is 17.5 Å². The van der Waals surface area contributed by atoms with E-state index in [4.69, 9.17) is 9.47 Å². The number of nitrogens with one attached hydrogen (secondary N) is 1. The Morgan fingerprint density at radius 3 is 2.63 bits per heavy atom. The van der Waals surface area contributed by atoms with E-state index >= 15 is 0 Å². The number of rotatable bonds is 7. The number of carbonyl (C=O) groups is 2. The average molecular weight is 407 g/mol. The van der Waals surface area contributed by atoms with Crippen LogP contribution in [0.4, 0.5) is 0 Å². The Balaban J connectivity index is 1.84. The molecular formula is C23H25N3O4. The monoisotopic (exact) mass is 407 g/mol. The standard InChI is InChI=1S/C23H25N3O4/c1-14-11-17(15(2)26(14)20-7-5-6-8-21(20)29-4)12-18(13-24)23(28)30-16(3)22(27)25-19-9-10-19/h5-8,11-12,16,19H,9-10H2,1-4H3,(H,25,27)/b18-12+/t16-/m0/s1. The van der Waals surface area contributed by atoms with E-state index in [2.05, 4.69) is 5.32 Å². The van der Waals surface area contributed by atoms with Crippen LogP contribution in [0, 0.1) is 25.2 Å². The zero-order valence-electron chi connectivity index (χ0n) is 17.6. The Kier molecular flexibility index (Phi) is 6.26. The Bertz CT molecular complexity index is 1040. The molecule has 1 aliphatic rings. The topological polar surface area (TPSA) is 93.3 Å². The van der Waals surface area contributed by atoms with Gasteiger partial charge in [0.25, 0.3) is 5.91 Å². The predicted molar refractivity (Wildman–Crippen MR) is 112 cm³/mol. The SMILES string of the molecule is COc1ccccc1-n1c(C)cc(/C=C(\C#N)C(=O)O[C@@H](C)C(=O)NC2CC2)c1C. The number of esters is 1. The normalized spacial score (nSPS) is 14.6. The third-order valence-electron chi connectivity index (χ3n) is 5.01. The number of ether oxygens (including phenoxy) is 2. The van der Waals surface area contributed by atoms with Gasteiger partial charge in [-0.15, -0.1) is 0 Å². The first-order valence-electron chi connectivity index (χ1n) is 9.81. The number of amides is 1. The van der Waals surface area contributed by atoms with Gasteiger partial charge in [0.1, 0.15) is 17.4 Å². The molecule has 7 heteroatoms. The van der Waals surface area contributed by atoms with Crippen LogP contribution in [0.1, 0.15) is 36.7 Å². The van der Waals surface area contributed by atoms with Crippen molar-refractivity contribution in [3.63, 3.8) is 0 Å². The highest BCUT2D eigenvalue weighted by Crippen LogP contribution is 2.29. The van der Waals surface area contributed by atoms with Gasteiger partial charge in [0.05, 0.1) is 12.8 Å². The number of nitrogens with zero attached hydrogens (tertiary/aromatic N) is 2. The number of carbonyl (C=O) groups excluding carboxylic acids is 2. The predicted octanol–water partition coefficient (Wildman–Crippen LogP) is 3.22. The molecule has 0 bridgehead atoms. The maximum Gasteiger partial charge on any atom is 0.349 e. The highest BCUT2D eigenvalue weighted by Gasteiger charge is 2.28. The van der Waals surface area contributed by atoms with Gasteiger partial charge in [-0.05, 0) is 63.5 Å². The molecule has 2 aromatic rings. The van der Waals surface area contributed by atoms with Gasteiger partial charge in [0, 0.05) is 17.4 Å². The Labute approximate surface area is 175 Å². The molecule has 1 N–H and O–H groups in total. The van der Waals surface area contributed by atoms with Crippen molar-refractivity contribution < 1.29 is 19.1 Å². The maximum absolute atomic E-state index is 12.4. The molecular weight excluding hydrogens is 382 g/mol. The molecule has 30 heavy (non-hydrogen) atoms. The second-order valence-corrected chi connectivity index (χ2v) is 7.33. The maximum atomic E-state index is 12.4. The third-order valence-corrected chi connectivity index (χ3v) is 5.01. The van der Waals surface area contributed by atoms with Gasteiger partial charge in [0.2, 0.25) is 0 Å². The van der Waals surface area contributed by atoms with Crippen LogP contribution in [0.15, 0.2) is 35.9 Å². The zero-order valence-corrected chi connectivity index (χ0v) is 17.6. The Morgan fingerprint density at radius 2 is 2.00 bits per heavy atom. The molecule has 3 rings (SSSR count). The van der Waals surface area contributed by atoms with Gasteiger partial charge >= 0.3 is 5.97 Å². The van der Waals surface area contributed by atoms with E-state index < -0.39 is 12.1 Å². The van der Waals surface area contributed by atoms with Gasteiger partial charge in [-0.2, -0.15) is 5.26 Å². The fourth-order valence-corrected chi connectivity index (χ4v) is 3.24. The molecule has 1 aromatic carbocycles. The molecule has 1 atom stereocenters. The summed E-state index contributed by atoms with van der Waals surface area (Å²) in [5.74, 6) is -0.458. The van der Waals surface area contributed by atoms with Crippen LogP contribution in [-0.4, -0.2) is 35.7 Å². The summed E-state index contributed by atoms with van der Waals surface area (Å²) in [5.41, 5.74) is 3.17. The van der Waals surface area contributed by atoms with Gasteiger partial charge in [-0.1, -0.05) is 12.1 Å². The van der Waals surface area contributed by atoms with Crippen LogP contribution >= 0.6 is 0 Å². The molecule has 1 amide bonds. The molecule has 0 saturated heterocycles. The number of para-hydroxylation sites is 2. The number of benzene rings is 1. The van der Waals surface area contributed by atoms with Gasteiger partial charge < -0.3 is 19.4 Å². The number of methoxy groups -OCH3 is 1. The summed E-state index contributed by atoms with van der Waals surface area (Å²) in [4.78, 5) is 24.5. The van der Waals surface area contributed by atoms with Crippen molar-refractivity contribution in [2.24, 2.45) is 0 Å². The first-order valence-corrected chi connectivity index (χ1v) is 9.81. The highest BCUT2D eigenvalue weighted by molar-refractivity contribution is 5.99. The average Bonchev–Trinajstić information content (AvgIpc) is 3.50. The second-order valence-electron chi connectivity index (χ2n) is 7.33. The number of aryl methyl sites for hydroxylation is 1. The summed E-state index contributed by atoms with van der Waals surface area (Å²) < 4.78 is 12.6. The third kappa shape index (κ3) is 4.54. The van der Waals surface area contributed by atoms with Crippen molar-refractivity contribution in [2.45, 2.75) is 45.8 Å². The lowest BCUT2D eigenvalue weighted by Crippen LogP contribution is -2.37. The lowest BCUT2D eigenvalue weighted by atomic mass is 10.1. The molecule has 1 fully saturated rings. The molecule has 1 aromatic heterocycles. The minimum absolute atomic E-state index is 0.165. The molecule has 1 heterocycles. The van der Waals surface area contributed by atoms with Crippen LogP contribution in [0.25, 0.3) is 11.8 Å². The van der Waals surface area contributed by atoms with Gasteiger partial charge in [0.15, 0.2) is 6.10 Å². The van der Waals surface area contributed by atoms with Crippen molar-refractivity contribution in [1.82, 2.24) is 9.88 Å². The molecule has 1 saturated carbocycles. The fourth-order valence-electron chi connectivity index (χ4n) is 3.24. The van der Waals surface area contributed by atoms with Crippen molar-refractivity contribution in [1.29, 1.82) is 5.26 Å². The van der Waals surface area contributed by atoms with Crippen LogP contribution in [0.5, 0.6) is 5.75 Å². The van der Waals surface area contributed by atoms with E-state index in [0.29, 0.717) is 11.3 Å². The van der Waals surface area contributed by atoms with Crippen molar-refractivity contribution in [2.75, 3.05) is 7.11 Å². The molecule has 7 nitrogen and oxygen atoms in total. The molecule has 0 spiro atoms. The van der Waals surface area contributed by atoms with Gasteiger partial charge in [-0.3, -0.25) is 4.79 Å². The summed E-state index contributed by atoms with van der Waals surface area (Å²) in [7, 11) is 1.61. The number of hydrogen-bond acceptors (Lipinski definition) is 5. The van der Waals surface area contributed by atoms with Crippen LogP contribution < -0.4 is 10.1 Å².